The van der Waals surface area contributed by atoms with Gasteiger partial charge in [0.2, 0.25) is 5.91 Å². The molecule has 2 rings (SSSR count). The number of amides is 1. The Morgan fingerprint density at radius 2 is 2.00 bits per heavy atom. The number of nitrogens with zero attached hydrogens (tertiary/aromatic N) is 2. The Kier molecular flexibility index (Phi) is 4.71. The molecule has 1 amide bonds. The molecule has 0 saturated heterocycles. The van der Waals surface area contributed by atoms with E-state index in [0.29, 0.717) is 24.0 Å². The Morgan fingerprint density at radius 3 is 2.57 bits per heavy atom. The van der Waals surface area contributed by atoms with Gasteiger partial charge in [-0.05, 0) is 40.5 Å². The Hall–Kier alpha value is -1.36. The van der Waals surface area contributed by atoms with E-state index in [-0.39, 0.29) is 11.4 Å². The lowest BCUT2D eigenvalue weighted by Crippen LogP contribution is -2.41. The lowest BCUT2D eigenvalue weighted by molar-refractivity contribution is -0.122. The molecule has 6 heteroatoms. The van der Waals surface area contributed by atoms with Crippen molar-refractivity contribution < 1.29 is 4.79 Å². The van der Waals surface area contributed by atoms with Gasteiger partial charge in [-0.15, -0.1) is 0 Å². The zero-order valence-corrected chi connectivity index (χ0v) is 13.8. The summed E-state index contributed by atoms with van der Waals surface area (Å²) in [6.07, 6.45) is 2.66. The van der Waals surface area contributed by atoms with Gasteiger partial charge in [0.25, 0.3) is 0 Å². The Balaban J connectivity index is 1.92. The van der Waals surface area contributed by atoms with E-state index in [1.165, 1.54) is 0 Å². The van der Waals surface area contributed by atoms with Gasteiger partial charge < -0.3 is 10.6 Å². The second kappa shape index (κ2) is 6.18. The van der Waals surface area contributed by atoms with Crippen molar-refractivity contribution >= 4 is 23.3 Å². The number of nitrogens with one attached hydrogen (secondary N) is 2. The van der Waals surface area contributed by atoms with Crippen LogP contribution in [0.4, 0.5) is 5.82 Å². The third-order valence-electron chi connectivity index (χ3n) is 3.21. The molecule has 5 nitrogen and oxygen atoms in total. The molecule has 116 valence electrons. The SMILES string of the molecule is Cc1c(Cl)nc(C2CC2)nc1NCCC(=O)NC(C)(C)C. The van der Waals surface area contributed by atoms with Crippen LogP contribution >= 0.6 is 11.6 Å². The van der Waals surface area contributed by atoms with E-state index in [9.17, 15) is 4.79 Å². The van der Waals surface area contributed by atoms with Crippen molar-refractivity contribution in [3.63, 3.8) is 0 Å². The molecule has 0 aromatic carbocycles. The van der Waals surface area contributed by atoms with Gasteiger partial charge in [0.15, 0.2) is 0 Å². The van der Waals surface area contributed by atoms with E-state index in [0.717, 1.165) is 30.0 Å². The normalized spacial score (nSPS) is 14.9. The first kappa shape index (κ1) is 16.0. The smallest absolute Gasteiger partial charge is 0.222 e. The van der Waals surface area contributed by atoms with Crippen molar-refractivity contribution in [3.8, 4) is 0 Å². The van der Waals surface area contributed by atoms with Gasteiger partial charge in [0.1, 0.15) is 16.8 Å². The first-order valence-electron chi connectivity index (χ1n) is 7.35. The number of carbonyl (C=O) groups is 1. The second-order valence-corrected chi connectivity index (χ2v) is 6.95. The Bertz CT molecular complexity index is 535. The zero-order chi connectivity index (χ0) is 15.6. The molecule has 1 aromatic rings. The summed E-state index contributed by atoms with van der Waals surface area (Å²) in [6, 6.07) is 0. The fourth-order valence-electron chi connectivity index (χ4n) is 1.98. The monoisotopic (exact) mass is 310 g/mol. The number of aromatic nitrogens is 2. The standard InChI is InChI=1S/C15H23ClN4O/c1-9-12(16)18-14(10-5-6-10)19-13(9)17-8-7-11(21)20-15(2,3)4/h10H,5-8H2,1-4H3,(H,20,21)(H,17,18,19). The zero-order valence-electron chi connectivity index (χ0n) is 13.1. The van der Waals surface area contributed by atoms with Gasteiger partial charge in [-0.3, -0.25) is 4.79 Å². The van der Waals surface area contributed by atoms with Crippen LogP contribution in [0.15, 0.2) is 0 Å². The van der Waals surface area contributed by atoms with E-state index in [2.05, 4.69) is 20.6 Å². The summed E-state index contributed by atoms with van der Waals surface area (Å²) in [5, 5.41) is 6.62. The molecule has 0 aliphatic heterocycles. The molecular weight excluding hydrogens is 288 g/mol. The summed E-state index contributed by atoms with van der Waals surface area (Å²) >= 11 is 6.15. The highest BCUT2D eigenvalue weighted by molar-refractivity contribution is 6.30. The maximum absolute atomic E-state index is 11.8. The number of hydrogen-bond donors (Lipinski definition) is 2. The molecule has 1 saturated carbocycles. The third kappa shape index (κ3) is 4.84. The van der Waals surface area contributed by atoms with Crippen LogP contribution in [0.3, 0.4) is 0 Å². The van der Waals surface area contributed by atoms with E-state index in [1.54, 1.807) is 0 Å². The van der Waals surface area contributed by atoms with Gasteiger partial charge in [0.05, 0.1) is 0 Å². The third-order valence-corrected chi connectivity index (χ3v) is 3.57. The van der Waals surface area contributed by atoms with Crippen LogP contribution in [-0.2, 0) is 4.79 Å². The predicted octanol–water partition coefficient (Wildman–Crippen LogP) is 3.03. The molecule has 21 heavy (non-hydrogen) atoms. The van der Waals surface area contributed by atoms with Crippen molar-refractivity contribution in [1.29, 1.82) is 0 Å². The average molecular weight is 311 g/mol. The van der Waals surface area contributed by atoms with E-state index < -0.39 is 0 Å². The predicted molar refractivity (Wildman–Crippen MR) is 84.8 cm³/mol. The van der Waals surface area contributed by atoms with Crippen molar-refractivity contribution in [2.75, 3.05) is 11.9 Å². The summed E-state index contributed by atoms with van der Waals surface area (Å²) in [4.78, 5) is 20.6. The Labute approximate surface area is 130 Å². The fourth-order valence-corrected chi connectivity index (χ4v) is 2.15. The molecule has 1 heterocycles. The number of hydrogen-bond acceptors (Lipinski definition) is 4. The highest BCUT2D eigenvalue weighted by atomic mass is 35.5. The van der Waals surface area contributed by atoms with Crippen LogP contribution in [0.5, 0.6) is 0 Å². The first-order chi connectivity index (χ1) is 9.76. The quantitative estimate of drug-likeness (QED) is 0.820. The molecule has 2 N–H and O–H groups in total. The lowest BCUT2D eigenvalue weighted by Gasteiger charge is -2.20. The molecular formula is C15H23ClN4O. The summed E-state index contributed by atoms with van der Waals surface area (Å²) in [6.45, 7) is 8.31. The number of carbonyl (C=O) groups excluding carboxylic acids is 1. The molecule has 1 aliphatic carbocycles. The van der Waals surface area contributed by atoms with Gasteiger partial charge >= 0.3 is 0 Å². The minimum atomic E-state index is -0.204. The van der Waals surface area contributed by atoms with Gasteiger partial charge in [-0.2, -0.15) is 0 Å². The van der Waals surface area contributed by atoms with Gasteiger partial charge in [-0.1, -0.05) is 11.6 Å². The van der Waals surface area contributed by atoms with Crippen LogP contribution in [0.1, 0.15) is 57.3 Å². The van der Waals surface area contributed by atoms with Crippen LogP contribution in [0.25, 0.3) is 0 Å². The van der Waals surface area contributed by atoms with E-state index >= 15 is 0 Å². The summed E-state index contributed by atoms with van der Waals surface area (Å²) in [5.74, 6) is 2.02. The van der Waals surface area contributed by atoms with E-state index in [1.807, 2.05) is 27.7 Å². The minimum absolute atomic E-state index is 0.0234. The molecule has 1 aromatic heterocycles. The van der Waals surface area contributed by atoms with Gasteiger partial charge in [-0.25, -0.2) is 9.97 Å². The molecule has 0 unspecified atom stereocenters. The molecule has 0 spiro atoms. The Morgan fingerprint density at radius 1 is 1.33 bits per heavy atom. The lowest BCUT2D eigenvalue weighted by atomic mass is 10.1. The molecule has 0 atom stereocenters. The first-order valence-corrected chi connectivity index (χ1v) is 7.73. The number of halogens is 1. The van der Waals surface area contributed by atoms with Gasteiger partial charge in [0, 0.05) is 30.0 Å². The summed E-state index contributed by atoms with van der Waals surface area (Å²) in [7, 11) is 0. The highest BCUT2D eigenvalue weighted by Gasteiger charge is 2.28. The molecule has 1 aliphatic rings. The maximum Gasteiger partial charge on any atom is 0.222 e. The van der Waals surface area contributed by atoms with Crippen molar-refractivity contribution in [3.05, 3.63) is 16.5 Å². The van der Waals surface area contributed by atoms with Crippen LogP contribution in [0.2, 0.25) is 5.15 Å². The van der Waals surface area contributed by atoms with Crippen LogP contribution in [-0.4, -0.2) is 28.0 Å². The topological polar surface area (TPSA) is 66.9 Å². The molecule has 0 bridgehead atoms. The maximum atomic E-state index is 11.8. The number of anilines is 1. The minimum Gasteiger partial charge on any atom is -0.369 e. The second-order valence-electron chi connectivity index (χ2n) is 6.60. The van der Waals surface area contributed by atoms with Crippen LogP contribution < -0.4 is 10.6 Å². The summed E-state index contributed by atoms with van der Waals surface area (Å²) < 4.78 is 0. The summed E-state index contributed by atoms with van der Waals surface area (Å²) in [5.41, 5.74) is 0.627. The van der Waals surface area contributed by atoms with Crippen LogP contribution in [0, 0.1) is 6.92 Å². The number of rotatable bonds is 5. The molecule has 1 fully saturated rings. The van der Waals surface area contributed by atoms with E-state index in [4.69, 9.17) is 11.6 Å². The molecule has 0 radical (unpaired) electrons. The fraction of sp³-hybridized carbons (Fsp3) is 0.667. The van der Waals surface area contributed by atoms with Crippen molar-refractivity contribution in [2.24, 2.45) is 0 Å². The average Bonchev–Trinajstić information content (AvgIpc) is 3.16. The largest absolute Gasteiger partial charge is 0.369 e. The van der Waals surface area contributed by atoms with Crippen molar-refractivity contribution in [1.82, 2.24) is 15.3 Å². The van der Waals surface area contributed by atoms with Crippen molar-refractivity contribution in [2.45, 2.75) is 58.4 Å². The highest BCUT2D eigenvalue weighted by Crippen LogP contribution is 2.39.